The molecule has 0 radical (unpaired) electrons. The van der Waals surface area contributed by atoms with Crippen LogP contribution in [-0.4, -0.2) is 221 Å². The molecule has 0 spiro atoms. The molecular formula is C24H42O21. The molecule has 0 aromatic carbocycles. The van der Waals surface area contributed by atoms with Gasteiger partial charge in [-0.15, -0.1) is 0 Å². The minimum atomic E-state index is -2.04. The second-order valence-electron chi connectivity index (χ2n) is 11.1. The number of hydrogen-bond acceptors (Lipinski definition) is 21. The lowest BCUT2D eigenvalue weighted by molar-refractivity contribution is -0.407. The molecule has 0 amide bonds. The largest absolute Gasteiger partial charge is 0.394 e. The zero-order chi connectivity index (χ0) is 33.3. The molecular weight excluding hydrogens is 624 g/mol. The fourth-order valence-corrected chi connectivity index (χ4v) is 5.49. The SMILES string of the molecule is OC[C@H]1O[C@H](O[C@H]2[C@H](O)[C@@H](CO)O[C@H](O[C@@H]3C(O)O[C@H](CO)[C@@H](O)[C@@H]3O)[C@H]2O[C@H]2O[C@H](CO)[C@@H](O)[C@H](O)[C@@H]2O)[C@H](O)[C@@H](O)[C@H]1O. The minimum Gasteiger partial charge on any atom is -0.394 e. The summed E-state index contributed by atoms with van der Waals surface area (Å²) in [5.41, 5.74) is 0. The maximum Gasteiger partial charge on any atom is 0.187 e. The van der Waals surface area contributed by atoms with Gasteiger partial charge in [-0.05, 0) is 0 Å². The lowest BCUT2D eigenvalue weighted by atomic mass is 9.95. The summed E-state index contributed by atoms with van der Waals surface area (Å²) in [7, 11) is 0. The summed E-state index contributed by atoms with van der Waals surface area (Å²) in [6.45, 7) is -3.47. The van der Waals surface area contributed by atoms with E-state index in [9.17, 15) is 71.5 Å². The van der Waals surface area contributed by atoms with Crippen LogP contribution in [0.3, 0.4) is 0 Å². The van der Waals surface area contributed by atoms with Crippen LogP contribution in [0.25, 0.3) is 0 Å². The third kappa shape index (κ3) is 7.44. The van der Waals surface area contributed by atoms with Gasteiger partial charge in [0.2, 0.25) is 0 Å². The molecule has 4 rings (SSSR count). The van der Waals surface area contributed by atoms with Crippen molar-refractivity contribution in [1.82, 2.24) is 0 Å². The predicted molar refractivity (Wildman–Crippen MR) is 134 cm³/mol. The van der Waals surface area contributed by atoms with Gasteiger partial charge in [0.05, 0.1) is 26.4 Å². The van der Waals surface area contributed by atoms with Gasteiger partial charge in [-0.2, -0.15) is 0 Å². The fourth-order valence-electron chi connectivity index (χ4n) is 5.49. The molecule has 20 atom stereocenters. The molecule has 0 bridgehead atoms. The summed E-state index contributed by atoms with van der Waals surface area (Å²) in [4.78, 5) is 0. The van der Waals surface area contributed by atoms with Crippen LogP contribution in [-0.2, 0) is 33.2 Å². The van der Waals surface area contributed by atoms with Crippen LogP contribution in [0.15, 0.2) is 0 Å². The highest BCUT2D eigenvalue weighted by molar-refractivity contribution is 4.98. The van der Waals surface area contributed by atoms with Gasteiger partial charge >= 0.3 is 0 Å². The summed E-state index contributed by atoms with van der Waals surface area (Å²) in [6, 6.07) is 0. The van der Waals surface area contributed by atoms with E-state index in [4.69, 9.17) is 33.2 Å². The Morgan fingerprint density at radius 2 is 0.689 bits per heavy atom. The van der Waals surface area contributed by atoms with Crippen molar-refractivity contribution in [3.05, 3.63) is 0 Å². The van der Waals surface area contributed by atoms with Gasteiger partial charge in [-0.25, -0.2) is 0 Å². The first kappa shape index (κ1) is 37.0. The van der Waals surface area contributed by atoms with E-state index >= 15 is 0 Å². The van der Waals surface area contributed by atoms with Crippen molar-refractivity contribution in [3.63, 3.8) is 0 Å². The molecule has 264 valence electrons. The Balaban J connectivity index is 1.68. The van der Waals surface area contributed by atoms with Crippen molar-refractivity contribution in [3.8, 4) is 0 Å². The summed E-state index contributed by atoms with van der Waals surface area (Å²) >= 11 is 0. The average molecular weight is 667 g/mol. The van der Waals surface area contributed by atoms with Gasteiger partial charge in [0.1, 0.15) is 97.7 Å². The second kappa shape index (κ2) is 15.6. The van der Waals surface area contributed by atoms with Crippen LogP contribution in [0.1, 0.15) is 0 Å². The van der Waals surface area contributed by atoms with Crippen molar-refractivity contribution in [2.75, 3.05) is 26.4 Å². The first-order valence-electron chi connectivity index (χ1n) is 14.1. The zero-order valence-electron chi connectivity index (χ0n) is 23.5. The Morgan fingerprint density at radius 3 is 1.16 bits per heavy atom. The van der Waals surface area contributed by atoms with Gasteiger partial charge in [0.15, 0.2) is 25.2 Å². The molecule has 1 unspecified atom stereocenters. The molecule has 4 heterocycles. The molecule has 4 aliphatic heterocycles. The second-order valence-corrected chi connectivity index (χ2v) is 11.1. The fraction of sp³-hybridized carbons (Fsp3) is 1.00. The topological polar surface area (TPSA) is 348 Å². The standard InChI is InChI=1S/C24H42O21/c25-1-5-11(31)15(35)19(21(38)39-5)44-24-20(45-23-17(37)14(34)10(30)7(3-27)41-23)18(12(32)8(4-28)42-24)43-22-16(36)13(33)9(29)6(2-26)40-22/h5-38H,1-4H2/t5-,6-,7-,8-,9+,10-,11-,12-,13+,14+,15+,16-,17+,18+,19+,20+,21?,22-,23-,24-/m1/s1. The number of rotatable bonds is 10. The number of hydrogen-bond donors (Lipinski definition) is 14. The molecule has 0 saturated carbocycles. The van der Waals surface area contributed by atoms with E-state index in [1.54, 1.807) is 0 Å². The third-order valence-corrected chi connectivity index (χ3v) is 8.21. The first-order chi connectivity index (χ1) is 21.3. The molecule has 14 N–H and O–H groups in total. The number of aliphatic hydroxyl groups is 14. The molecule has 4 saturated heterocycles. The van der Waals surface area contributed by atoms with E-state index in [0.717, 1.165) is 0 Å². The molecule has 45 heavy (non-hydrogen) atoms. The third-order valence-electron chi connectivity index (χ3n) is 8.21. The zero-order valence-corrected chi connectivity index (χ0v) is 23.5. The lowest BCUT2D eigenvalue weighted by Gasteiger charge is -2.50. The molecule has 0 aromatic rings. The van der Waals surface area contributed by atoms with E-state index in [2.05, 4.69) is 0 Å². The van der Waals surface area contributed by atoms with Gasteiger partial charge in [-0.1, -0.05) is 0 Å². The highest BCUT2D eigenvalue weighted by Crippen LogP contribution is 2.35. The van der Waals surface area contributed by atoms with Gasteiger partial charge < -0.3 is 105 Å². The maximum absolute atomic E-state index is 11.1. The van der Waals surface area contributed by atoms with E-state index in [1.165, 1.54) is 0 Å². The highest BCUT2D eigenvalue weighted by atomic mass is 16.8. The lowest BCUT2D eigenvalue weighted by Crippen LogP contribution is -2.68. The van der Waals surface area contributed by atoms with Gasteiger partial charge in [0, 0.05) is 0 Å². The van der Waals surface area contributed by atoms with Crippen LogP contribution >= 0.6 is 0 Å². The maximum atomic E-state index is 11.1. The number of ether oxygens (including phenoxy) is 7. The predicted octanol–water partition coefficient (Wildman–Crippen LogP) is -9.75. The van der Waals surface area contributed by atoms with E-state index in [0.29, 0.717) is 0 Å². The van der Waals surface area contributed by atoms with Crippen molar-refractivity contribution in [2.45, 2.75) is 123 Å². The van der Waals surface area contributed by atoms with E-state index < -0.39 is 149 Å². The van der Waals surface area contributed by atoms with Crippen LogP contribution in [0.2, 0.25) is 0 Å². The van der Waals surface area contributed by atoms with E-state index in [1.807, 2.05) is 0 Å². The molecule has 4 aliphatic rings. The van der Waals surface area contributed by atoms with Crippen molar-refractivity contribution < 1.29 is 105 Å². The van der Waals surface area contributed by atoms with Crippen molar-refractivity contribution in [2.24, 2.45) is 0 Å². The van der Waals surface area contributed by atoms with Crippen LogP contribution in [0.4, 0.5) is 0 Å². The summed E-state index contributed by atoms with van der Waals surface area (Å²) in [5.74, 6) is 0. The Bertz CT molecular complexity index is 914. The molecule has 21 nitrogen and oxygen atoms in total. The van der Waals surface area contributed by atoms with Gasteiger partial charge in [0.25, 0.3) is 0 Å². The van der Waals surface area contributed by atoms with Crippen molar-refractivity contribution >= 4 is 0 Å². The summed E-state index contributed by atoms with van der Waals surface area (Å²) in [5, 5.41) is 143. The molecule has 21 heteroatoms. The molecule has 0 aliphatic carbocycles. The normalized spacial score (nSPS) is 52.9. The Labute approximate surface area is 254 Å². The quantitative estimate of drug-likeness (QED) is 0.103. The van der Waals surface area contributed by atoms with E-state index in [-0.39, 0.29) is 0 Å². The summed E-state index contributed by atoms with van der Waals surface area (Å²) in [6.07, 6.45) is -36.9. The Hall–Kier alpha value is -0.840. The van der Waals surface area contributed by atoms with Crippen LogP contribution < -0.4 is 0 Å². The van der Waals surface area contributed by atoms with Crippen molar-refractivity contribution in [1.29, 1.82) is 0 Å². The average Bonchev–Trinajstić information content (AvgIpc) is 3.03. The highest BCUT2D eigenvalue weighted by Gasteiger charge is 2.56. The number of aliphatic hydroxyl groups excluding tert-OH is 14. The molecule has 0 aromatic heterocycles. The Kier molecular flexibility index (Phi) is 12.8. The summed E-state index contributed by atoms with van der Waals surface area (Å²) < 4.78 is 38.5. The Morgan fingerprint density at radius 1 is 0.333 bits per heavy atom. The molecule has 4 fully saturated rings. The first-order valence-corrected chi connectivity index (χ1v) is 14.1. The minimum absolute atomic E-state index is 0.807. The van der Waals surface area contributed by atoms with Crippen LogP contribution in [0, 0.1) is 0 Å². The van der Waals surface area contributed by atoms with Gasteiger partial charge in [-0.3, -0.25) is 0 Å². The monoisotopic (exact) mass is 666 g/mol. The smallest absolute Gasteiger partial charge is 0.187 e. The van der Waals surface area contributed by atoms with Crippen LogP contribution in [0.5, 0.6) is 0 Å².